The molecular formula is C16H14Br2N2O3. The summed E-state index contributed by atoms with van der Waals surface area (Å²) < 4.78 is 6.87. The van der Waals surface area contributed by atoms with Crippen molar-refractivity contribution >= 4 is 44.0 Å². The molecule has 5 nitrogen and oxygen atoms in total. The fourth-order valence-electron chi connectivity index (χ4n) is 1.81. The van der Waals surface area contributed by atoms with Crippen molar-refractivity contribution in [2.75, 3.05) is 6.61 Å². The highest BCUT2D eigenvalue weighted by molar-refractivity contribution is 9.10. The third kappa shape index (κ3) is 4.80. The maximum absolute atomic E-state index is 12.0. The largest absolute Gasteiger partial charge is 0.504 e. The van der Waals surface area contributed by atoms with Gasteiger partial charge in [0.05, 0.1) is 12.8 Å². The lowest BCUT2D eigenvalue weighted by atomic mass is 10.2. The number of phenolic OH excluding ortho intramolecular Hbond substituents is 1. The van der Waals surface area contributed by atoms with Gasteiger partial charge >= 0.3 is 0 Å². The molecule has 0 heterocycles. The summed E-state index contributed by atoms with van der Waals surface area (Å²) >= 11 is 6.64. The Bertz CT molecular complexity index is 748. The highest BCUT2D eigenvalue weighted by Gasteiger charge is 2.09. The molecule has 2 N–H and O–H groups in total. The van der Waals surface area contributed by atoms with E-state index in [1.54, 1.807) is 30.3 Å². The van der Waals surface area contributed by atoms with Crippen molar-refractivity contribution in [2.24, 2.45) is 5.10 Å². The highest BCUT2D eigenvalue weighted by atomic mass is 79.9. The lowest BCUT2D eigenvalue weighted by Gasteiger charge is -2.08. The third-order valence-corrected chi connectivity index (χ3v) is 3.78. The van der Waals surface area contributed by atoms with Crippen molar-refractivity contribution in [3.05, 3.63) is 56.5 Å². The Kier molecular flexibility index (Phi) is 6.18. The number of hydrogen-bond donors (Lipinski definition) is 2. The molecule has 0 radical (unpaired) electrons. The number of hydrogen-bond acceptors (Lipinski definition) is 4. The Balaban J connectivity index is 2.13. The Morgan fingerprint density at radius 3 is 2.78 bits per heavy atom. The van der Waals surface area contributed by atoms with E-state index in [9.17, 15) is 9.90 Å². The minimum Gasteiger partial charge on any atom is -0.504 e. The van der Waals surface area contributed by atoms with Crippen molar-refractivity contribution in [3.63, 3.8) is 0 Å². The molecule has 0 bridgehead atoms. The number of ether oxygens (including phenoxy) is 1. The predicted octanol–water partition coefficient (Wildman–Crippen LogP) is 4.08. The summed E-state index contributed by atoms with van der Waals surface area (Å²) in [5, 5.41) is 14.0. The van der Waals surface area contributed by atoms with Crippen LogP contribution in [-0.4, -0.2) is 23.8 Å². The van der Waals surface area contributed by atoms with Gasteiger partial charge in [-0.15, -0.1) is 0 Å². The first-order valence-electron chi connectivity index (χ1n) is 6.75. The monoisotopic (exact) mass is 440 g/mol. The number of nitrogens with one attached hydrogen (secondary N) is 1. The highest BCUT2D eigenvalue weighted by Crippen LogP contribution is 2.32. The van der Waals surface area contributed by atoms with Crippen LogP contribution < -0.4 is 10.2 Å². The molecule has 7 heteroatoms. The van der Waals surface area contributed by atoms with Crippen LogP contribution in [0.25, 0.3) is 0 Å². The Hall–Kier alpha value is -1.86. The van der Waals surface area contributed by atoms with E-state index in [0.717, 1.165) is 8.95 Å². The van der Waals surface area contributed by atoms with Crippen LogP contribution in [0.15, 0.2) is 50.4 Å². The summed E-state index contributed by atoms with van der Waals surface area (Å²) in [4.78, 5) is 12.0. The standard InChI is InChI=1S/C16H14Br2N2O3/c1-2-23-14-8-13(18)7-11(15(14)21)9-19-20-16(22)10-4-3-5-12(17)6-10/h3-9,21H,2H2,1H3,(H,20,22)/b19-9+. The van der Waals surface area contributed by atoms with Gasteiger partial charge in [0.1, 0.15) is 0 Å². The lowest BCUT2D eigenvalue weighted by molar-refractivity contribution is 0.0955. The SMILES string of the molecule is CCOc1cc(Br)cc(/C=N/NC(=O)c2cccc(Br)c2)c1O. The molecule has 0 unspecified atom stereocenters. The number of nitrogens with zero attached hydrogens (tertiary/aromatic N) is 1. The van der Waals surface area contributed by atoms with Crippen LogP contribution in [0.4, 0.5) is 0 Å². The second-order valence-electron chi connectivity index (χ2n) is 4.48. The van der Waals surface area contributed by atoms with E-state index in [-0.39, 0.29) is 11.7 Å². The minimum absolute atomic E-state index is 0.0319. The number of rotatable bonds is 5. The zero-order chi connectivity index (χ0) is 16.8. The molecule has 0 aliphatic rings. The molecule has 0 aromatic heterocycles. The average Bonchev–Trinajstić information content (AvgIpc) is 2.51. The van der Waals surface area contributed by atoms with Gasteiger partial charge < -0.3 is 9.84 Å². The smallest absolute Gasteiger partial charge is 0.271 e. The van der Waals surface area contributed by atoms with Crippen molar-refractivity contribution in [3.8, 4) is 11.5 Å². The first-order valence-corrected chi connectivity index (χ1v) is 8.34. The fraction of sp³-hybridized carbons (Fsp3) is 0.125. The normalized spacial score (nSPS) is 10.7. The molecule has 0 spiro atoms. The molecule has 0 aliphatic heterocycles. The van der Waals surface area contributed by atoms with Gasteiger partial charge in [0.15, 0.2) is 11.5 Å². The molecule has 120 valence electrons. The molecule has 2 rings (SSSR count). The van der Waals surface area contributed by atoms with E-state index >= 15 is 0 Å². The second kappa shape index (κ2) is 8.12. The van der Waals surface area contributed by atoms with Crippen LogP contribution in [0, 0.1) is 0 Å². The molecule has 1 amide bonds. The van der Waals surface area contributed by atoms with Gasteiger partial charge in [-0.25, -0.2) is 5.43 Å². The summed E-state index contributed by atoms with van der Waals surface area (Å²) in [7, 11) is 0. The topological polar surface area (TPSA) is 70.9 Å². The van der Waals surface area contributed by atoms with Crippen molar-refractivity contribution < 1.29 is 14.6 Å². The van der Waals surface area contributed by atoms with Gasteiger partial charge in [-0.3, -0.25) is 4.79 Å². The number of phenols is 1. The van der Waals surface area contributed by atoms with Crippen LogP contribution in [0.2, 0.25) is 0 Å². The molecular weight excluding hydrogens is 428 g/mol. The van der Waals surface area contributed by atoms with E-state index in [1.165, 1.54) is 6.21 Å². The molecule has 2 aromatic carbocycles. The maximum Gasteiger partial charge on any atom is 0.271 e. The van der Waals surface area contributed by atoms with E-state index in [2.05, 4.69) is 42.4 Å². The zero-order valence-corrected chi connectivity index (χ0v) is 15.4. The summed E-state index contributed by atoms with van der Waals surface area (Å²) in [6.07, 6.45) is 1.36. The fourth-order valence-corrected chi connectivity index (χ4v) is 2.67. The van der Waals surface area contributed by atoms with Gasteiger partial charge in [0.2, 0.25) is 0 Å². The molecule has 0 saturated carbocycles. The number of halogens is 2. The van der Waals surface area contributed by atoms with Crippen molar-refractivity contribution in [2.45, 2.75) is 6.92 Å². The molecule has 0 atom stereocenters. The number of hydrazone groups is 1. The summed E-state index contributed by atoms with van der Waals surface area (Å²) in [5.41, 5.74) is 3.32. The number of aromatic hydroxyl groups is 1. The number of carbonyl (C=O) groups excluding carboxylic acids is 1. The minimum atomic E-state index is -0.345. The average molecular weight is 442 g/mol. The third-order valence-electron chi connectivity index (χ3n) is 2.83. The van der Waals surface area contributed by atoms with E-state index in [4.69, 9.17) is 4.74 Å². The van der Waals surface area contributed by atoms with Crippen molar-refractivity contribution in [1.82, 2.24) is 5.43 Å². The summed E-state index contributed by atoms with van der Waals surface area (Å²) in [5.74, 6) is -0.0285. The van der Waals surface area contributed by atoms with Crippen LogP contribution in [-0.2, 0) is 0 Å². The number of carbonyl (C=O) groups is 1. The van der Waals surface area contributed by atoms with Crippen LogP contribution in [0.1, 0.15) is 22.8 Å². The number of benzene rings is 2. The first kappa shape index (κ1) is 17.5. The Morgan fingerprint density at radius 1 is 1.30 bits per heavy atom. The first-order chi connectivity index (χ1) is 11.0. The Morgan fingerprint density at radius 2 is 2.09 bits per heavy atom. The summed E-state index contributed by atoms with van der Waals surface area (Å²) in [6.45, 7) is 2.26. The number of amides is 1. The molecule has 0 aliphatic carbocycles. The van der Waals surface area contributed by atoms with E-state index in [0.29, 0.717) is 23.5 Å². The predicted molar refractivity (Wildman–Crippen MR) is 96.2 cm³/mol. The van der Waals surface area contributed by atoms with Gasteiger partial charge in [0.25, 0.3) is 5.91 Å². The van der Waals surface area contributed by atoms with Crippen LogP contribution in [0.5, 0.6) is 11.5 Å². The lowest BCUT2D eigenvalue weighted by Crippen LogP contribution is -2.17. The molecule has 0 fully saturated rings. The van der Waals surface area contributed by atoms with Gasteiger partial charge in [-0.1, -0.05) is 37.9 Å². The second-order valence-corrected chi connectivity index (χ2v) is 6.32. The molecule has 2 aromatic rings. The maximum atomic E-state index is 12.0. The quantitative estimate of drug-likeness (QED) is 0.542. The summed E-state index contributed by atoms with van der Waals surface area (Å²) in [6, 6.07) is 10.3. The van der Waals surface area contributed by atoms with Crippen LogP contribution >= 0.6 is 31.9 Å². The Labute approximate surface area is 150 Å². The molecule has 0 saturated heterocycles. The van der Waals surface area contributed by atoms with Gasteiger partial charge in [-0.2, -0.15) is 5.10 Å². The van der Waals surface area contributed by atoms with Gasteiger partial charge in [-0.05, 0) is 37.3 Å². The van der Waals surface area contributed by atoms with E-state index in [1.807, 2.05) is 13.0 Å². The zero-order valence-electron chi connectivity index (χ0n) is 12.2. The van der Waals surface area contributed by atoms with Crippen molar-refractivity contribution in [1.29, 1.82) is 0 Å². The molecule has 23 heavy (non-hydrogen) atoms. The van der Waals surface area contributed by atoms with Crippen LogP contribution in [0.3, 0.4) is 0 Å². The van der Waals surface area contributed by atoms with Gasteiger partial charge in [0, 0.05) is 20.1 Å². The van der Waals surface area contributed by atoms with E-state index < -0.39 is 0 Å².